The number of unbranched alkanes of at least 4 members (excludes halogenated alkanes) is 10. The average molecular weight is 714 g/mol. The van der Waals surface area contributed by atoms with Crippen LogP contribution in [0.15, 0.2) is 91.0 Å². The van der Waals surface area contributed by atoms with Crippen LogP contribution in [0.2, 0.25) is 0 Å². The number of hydrogen-bond donors (Lipinski definition) is 1. The van der Waals surface area contributed by atoms with Crippen molar-refractivity contribution in [3.8, 4) is 0 Å². The first kappa shape index (κ1) is 41.6. The molecule has 52 heavy (non-hydrogen) atoms. The zero-order chi connectivity index (χ0) is 37.4. The van der Waals surface area contributed by atoms with Crippen molar-refractivity contribution in [3.63, 3.8) is 0 Å². The quantitative estimate of drug-likeness (QED) is 0.0525. The van der Waals surface area contributed by atoms with Crippen LogP contribution in [0.4, 0.5) is 0 Å². The van der Waals surface area contributed by atoms with Gasteiger partial charge in [0.15, 0.2) is 0 Å². The molecule has 2 atom stereocenters. The molecule has 0 aliphatic heterocycles. The van der Waals surface area contributed by atoms with Gasteiger partial charge >= 0.3 is 17.9 Å². The van der Waals surface area contributed by atoms with Crippen LogP contribution in [-0.2, 0) is 23.8 Å². The van der Waals surface area contributed by atoms with E-state index in [2.05, 4.69) is 12.2 Å². The van der Waals surface area contributed by atoms with E-state index in [0.29, 0.717) is 25.0 Å². The molecule has 0 saturated carbocycles. The van der Waals surface area contributed by atoms with Crippen molar-refractivity contribution < 1.29 is 38.2 Å². The van der Waals surface area contributed by atoms with Gasteiger partial charge in [-0.2, -0.15) is 0 Å². The summed E-state index contributed by atoms with van der Waals surface area (Å²) in [4.78, 5) is 66.3. The number of methoxy groups -OCH3 is 1. The van der Waals surface area contributed by atoms with E-state index in [9.17, 15) is 24.0 Å². The Morgan fingerprint density at radius 2 is 1.06 bits per heavy atom. The molecule has 3 aromatic rings. The van der Waals surface area contributed by atoms with E-state index < -0.39 is 42.1 Å². The highest BCUT2D eigenvalue weighted by Gasteiger charge is 2.52. The molecule has 0 radical (unpaired) electrons. The summed E-state index contributed by atoms with van der Waals surface area (Å²) in [6.45, 7) is 1.53. The Bertz CT molecular complexity index is 1510. The van der Waals surface area contributed by atoms with E-state index in [1.807, 2.05) is 0 Å². The van der Waals surface area contributed by atoms with Crippen LogP contribution in [0, 0.1) is 0 Å². The molecule has 0 fully saturated rings. The molecular weight excluding hydrogens is 658 g/mol. The van der Waals surface area contributed by atoms with Crippen molar-refractivity contribution >= 4 is 29.6 Å². The molecular formula is C43H55NO8. The molecule has 0 aromatic heterocycles. The molecule has 280 valence electrons. The zero-order valence-electron chi connectivity index (χ0n) is 30.8. The van der Waals surface area contributed by atoms with Crippen molar-refractivity contribution in [2.24, 2.45) is 0 Å². The van der Waals surface area contributed by atoms with Gasteiger partial charge in [-0.1, -0.05) is 119 Å². The van der Waals surface area contributed by atoms with Gasteiger partial charge in [-0.25, -0.2) is 14.4 Å². The molecule has 0 heterocycles. The molecule has 0 spiro atoms. The van der Waals surface area contributed by atoms with Crippen molar-refractivity contribution in [2.75, 3.05) is 13.7 Å². The first-order valence-electron chi connectivity index (χ1n) is 18.8. The molecule has 3 rings (SSSR count). The second kappa shape index (κ2) is 23.6. The first-order valence-corrected chi connectivity index (χ1v) is 18.8. The number of ether oxygens (including phenoxy) is 3. The molecule has 0 bridgehead atoms. The largest absolute Gasteiger partial charge is 0.467 e. The lowest BCUT2D eigenvalue weighted by Crippen LogP contribution is -2.66. The van der Waals surface area contributed by atoms with Crippen molar-refractivity contribution in [1.29, 1.82) is 0 Å². The van der Waals surface area contributed by atoms with Gasteiger partial charge in [0.05, 0.1) is 18.2 Å². The fraction of sp³-hybridized carbons (Fsp3) is 0.465. The van der Waals surface area contributed by atoms with Gasteiger partial charge in [0.2, 0.25) is 5.54 Å². The number of carbonyl (C=O) groups is 5. The number of esters is 3. The Labute approximate surface area is 308 Å². The Hall–Kier alpha value is -4.79. The lowest BCUT2D eigenvalue weighted by molar-refractivity contribution is -0.157. The van der Waals surface area contributed by atoms with Gasteiger partial charge in [0.25, 0.3) is 5.91 Å². The van der Waals surface area contributed by atoms with Crippen LogP contribution in [-0.4, -0.2) is 55.0 Å². The van der Waals surface area contributed by atoms with Gasteiger partial charge in [-0.05, 0) is 62.1 Å². The van der Waals surface area contributed by atoms with Crippen LogP contribution < -0.4 is 5.32 Å². The summed E-state index contributed by atoms with van der Waals surface area (Å²) >= 11 is 0. The number of Topliss-reactive ketones (excluding diaryl/α,β-unsaturated/α-hetero) is 1. The molecule has 9 nitrogen and oxygen atoms in total. The Morgan fingerprint density at radius 1 is 0.596 bits per heavy atom. The molecule has 9 heteroatoms. The fourth-order valence-electron chi connectivity index (χ4n) is 6.10. The minimum atomic E-state index is -2.07. The molecule has 0 saturated heterocycles. The van der Waals surface area contributed by atoms with Crippen LogP contribution in [0.25, 0.3) is 0 Å². The van der Waals surface area contributed by atoms with E-state index in [-0.39, 0.29) is 23.1 Å². The van der Waals surface area contributed by atoms with Gasteiger partial charge in [0, 0.05) is 18.4 Å². The highest BCUT2D eigenvalue weighted by molar-refractivity contribution is 5.99. The third kappa shape index (κ3) is 14.1. The monoisotopic (exact) mass is 713 g/mol. The summed E-state index contributed by atoms with van der Waals surface area (Å²) in [5.41, 5.74) is -1.29. The average Bonchev–Trinajstić information content (AvgIpc) is 3.18. The summed E-state index contributed by atoms with van der Waals surface area (Å²) < 4.78 is 17.0. The Morgan fingerprint density at radius 3 is 1.58 bits per heavy atom. The Balaban J connectivity index is 1.72. The normalized spacial score (nSPS) is 12.6. The van der Waals surface area contributed by atoms with Crippen molar-refractivity contribution in [3.05, 3.63) is 108 Å². The number of rotatable bonds is 25. The zero-order valence-corrected chi connectivity index (χ0v) is 30.8. The maximum atomic E-state index is 13.8. The maximum absolute atomic E-state index is 13.8. The number of nitrogens with one attached hydrogen (secondary N) is 1. The minimum Gasteiger partial charge on any atom is -0.467 e. The number of amides is 1. The second-order valence-electron chi connectivity index (χ2n) is 13.2. The van der Waals surface area contributed by atoms with E-state index in [1.165, 1.54) is 20.0 Å². The van der Waals surface area contributed by atoms with E-state index >= 15 is 0 Å². The fourth-order valence-corrected chi connectivity index (χ4v) is 6.10. The number of ketones is 1. The maximum Gasteiger partial charge on any atom is 0.339 e. The topological polar surface area (TPSA) is 125 Å². The summed E-state index contributed by atoms with van der Waals surface area (Å²) in [5.74, 6) is -2.57. The summed E-state index contributed by atoms with van der Waals surface area (Å²) in [5, 5.41) is 2.77. The number of carbonyl (C=O) groups excluding carboxylic acids is 5. The van der Waals surface area contributed by atoms with Crippen molar-refractivity contribution in [1.82, 2.24) is 5.32 Å². The minimum absolute atomic E-state index is 0.187. The van der Waals surface area contributed by atoms with Crippen LogP contribution in [0.3, 0.4) is 0 Å². The van der Waals surface area contributed by atoms with Gasteiger partial charge in [-0.15, -0.1) is 0 Å². The van der Waals surface area contributed by atoms with E-state index in [0.717, 1.165) is 57.8 Å². The number of benzene rings is 3. The highest BCUT2D eigenvalue weighted by Crippen LogP contribution is 2.26. The van der Waals surface area contributed by atoms with Gasteiger partial charge in [0.1, 0.15) is 18.5 Å². The standard InChI is InChI=1S/C43H55NO8/c1-3-4-5-21-30-37(45)31-22-10-8-6-7-9-11-23-32-38(52-41(48)36-28-19-14-20-29-36)43(42(49)50-2,44-39(46)34-24-15-12-16-25-34)33-51-40(47)35-26-17-13-18-27-35/h12-20,24-29,38H,3-11,21-23,30-33H2,1-2H3,(H,44,46)/t38-,43+/m1/s1. The van der Waals surface area contributed by atoms with Crippen LogP contribution in [0.1, 0.15) is 134 Å². The molecule has 0 unspecified atom stereocenters. The third-order valence-electron chi connectivity index (χ3n) is 9.15. The second-order valence-corrected chi connectivity index (χ2v) is 13.2. The van der Waals surface area contributed by atoms with E-state index in [4.69, 9.17) is 14.2 Å². The predicted octanol–water partition coefficient (Wildman–Crippen LogP) is 8.85. The van der Waals surface area contributed by atoms with Crippen LogP contribution in [0.5, 0.6) is 0 Å². The van der Waals surface area contributed by atoms with E-state index in [1.54, 1.807) is 91.0 Å². The highest BCUT2D eigenvalue weighted by atomic mass is 16.6. The molecule has 3 aromatic carbocycles. The predicted molar refractivity (Wildman–Crippen MR) is 201 cm³/mol. The summed E-state index contributed by atoms with van der Waals surface area (Å²) in [6.07, 6.45) is 12.1. The SMILES string of the molecule is CCCCCCC(=O)CCCCCCCCCC[C@@H](OC(=O)c1ccccc1)[C@](COC(=O)c1ccccc1)(NC(=O)c1ccccc1)C(=O)OC. The lowest BCUT2D eigenvalue weighted by Gasteiger charge is -2.37. The third-order valence-corrected chi connectivity index (χ3v) is 9.15. The van der Waals surface area contributed by atoms with Gasteiger partial charge in [-0.3, -0.25) is 9.59 Å². The molecule has 1 amide bonds. The van der Waals surface area contributed by atoms with Crippen molar-refractivity contribution in [2.45, 2.75) is 115 Å². The molecule has 1 N–H and O–H groups in total. The molecule has 0 aliphatic carbocycles. The molecule has 0 aliphatic rings. The summed E-state index contributed by atoms with van der Waals surface area (Å²) in [6, 6.07) is 24.9. The number of hydrogen-bond acceptors (Lipinski definition) is 8. The van der Waals surface area contributed by atoms with Gasteiger partial charge < -0.3 is 19.5 Å². The lowest BCUT2D eigenvalue weighted by atomic mass is 9.88. The van der Waals surface area contributed by atoms with Crippen LogP contribution >= 0.6 is 0 Å². The summed E-state index contributed by atoms with van der Waals surface area (Å²) in [7, 11) is 1.17. The Kier molecular flexibility index (Phi) is 18.9. The first-order chi connectivity index (χ1) is 25.3. The smallest absolute Gasteiger partial charge is 0.339 e.